The first-order valence-corrected chi connectivity index (χ1v) is 4.09. The average Bonchev–Trinajstić information content (AvgIpc) is 1.97. The first kappa shape index (κ1) is 9.45. The molecule has 0 aromatic rings. The quantitative estimate of drug-likeness (QED) is 0.387. The summed E-state index contributed by atoms with van der Waals surface area (Å²) < 4.78 is 0. The van der Waals surface area contributed by atoms with Crippen molar-refractivity contribution >= 4 is 22.2 Å². The van der Waals surface area contributed by atoms with Gasteiger partial charge in [-0.2, -0.15) is 0 Å². The van der Waals surface area contributed by atoms with Crippen LogP contribution in [-0.4, -0.2) is 11.6 Å². The zero-order valence-corrected chi connectivity index (χ0v) is 7.28. The van der Waals surface area contributed by atoms with Crippen molar-refractivity contribution in [2.24, 2.45) is 0 Å². The van der Waals surface area contributed by atoms with E-state index in [4.69, 9.17) is 0 Å². The highest BCUT2D eigenvalue weighted by Crippen LogP contribution is 1.97. The Labute approximate surface area is 69.6 Å². The standard InChI is InChI=1S/C8H9BrO/c1-8(4-2-6-9)5-3-7-10/h7H,1,3,5-6H2. The second-order valence-corrected chi connectivity index (χ2v) is 2.31. The number of hydrogen-bond donors (Lipinski definition) is 0. The van der Waals surface area contributed by atoms with Gasteiger partial charge in [0.25, 0.3) is 0 Å². The van der Waals surface area contributed by atoms with Crippen LogP contribution in [0.5, 0.6) is 0 Å². The fourth-order valence-corrected chi connectivity index (χ4v) is 0.594. The minimum atomic E-state index is 0.524. The maximum absolute atomic E-state index is 9.88. The second kappa shape index (κ2) is 6.57. The summed E-state index contributed by atoms with van der Waals surface area (Å²) in [6, 6.07) is 0. The molecular formula is C8H9BrO. The van der Waals surface area contributed by atoms with Gasteiger partial charge in [0, 0.05) is 6.42 Å². The normalized spacial score (nSPS) is 7.70. The van der Waals surface area contributed by atoms with Crippen LogP contribution in [0.4, 0.5) is 0 Å². The fraction of sp³-hybridized carbons (Fsp3) is 0.375. The molecule has 0 aromatic heterocycles. The Hall–Kier alpha value is -0.550. The molecular weight excluding hydrogens is 192 g/mol. The van der Waals surface area contributed by atoms with Crippen LogP contribution >= 0.6 is 15.9 Å². The van der Waals surface area contributed by atoms with Crippen molar-refractivity contribution in [1.82, 2.24) is 0 Å². The van der Waals surface area contributed by atoms with E-state index in [9.17, 15) is 4.79 Å². The lowest BCUT2D eigenvalue weighted by molar-refractivity contribution is -0.107. The summed E-state index contributed by atoms with van der Waals surface area (Å²) >= 11 is 3.16. The molecule has 0 saturated carbocycles. The summed E-state index contributed by atoms with van der Waals surface area (Å²) in [5.74, 6) is 5.62. The Morgan fingerprint density at radius 1 is 1.70 bits per heavy atom. The van der Waals surface area contributed by atoms with Crippen LogP contribution in [0.25, 0.3) is 0 Å². The number of carbonyl (C=O) groups excluding carboxylic acids is 1. The second-order valence-electron chi connectivity index (χ2n) is 1.74. The van der Waals surface area contributed by atoms with Crippen LogP contribution in [0.1, 0.15) is 12.8 Å². The largest absolute Gasteiger partial charge is 0.303 e. The van der Waals surface area contributed by atoms with Crippen molar-refractivity contribution in [2.45, 2.75) is 12.8 Å². The van der Waals surface area contributed by atoms with Gasteiger partial charge in [-0.15, -0.1) is 0 Å². The third-order valence-electron chi connectivity index (χ3n) is 0.896. The Morgan fingerprint density at radius 3 is 2.90 bits per heavy atom. The van der Waals surface area contributed by atoms with E-state index in [1.165, 1.54) is 0 Å². The Kier molecular flexibility index (Phi) is 6.21. The van der Waals surface area contributed by atoms with E-state index in [0.717, 1.165) is 11.9 Å². The van der Waals surface area contributed by atoms with E-state index in [1.54, 1.807) is 0 Å². The van der Waals surface area contributed by atoms with Crippen LogP contribution < -0.4 is 0 Å². The van der Waals surface area contributed by atoms with Gasteiger partial charge < -0.3 is 4.79 Å². The summed E-state index contributed by atoms with van der Waals surface area (Å²) in [7, 11) is 0. The molecule has 0 bridgehead atoms. The van der Waals surface area contributed by atoms with Crippen molar-refractivity contribution in [3.8, 4) is 11.8 Å². The number of hydrogen-bond acceptors (Lipinski definition) is 1. The first-order chi connectivity index (χ1) is 4.81. The molecule has 1 nitrogen and oxygen atoms in total. The summed E-state index contributed by atoms with van der Waals surface area (Å²) in [4.78, 5) is 9.88. The number of carbonyl (C=O) groups is 1. The van der Waals surface area contributed by atoms with Gasteiger partial charge in [-0.05, 0) is 12.0 Å². The lowest BCUT2D eigenvalue weighted by atomic mass is 10.2. The summed E-state index contributed by atoms with van der Waals surface area (Å²) in [6.07, 6.45) is 2.08. The van der Waals surface area contributed by atoms with Crippen LogP contribution in [0.2, 0.25) is 0 Å². The highest BCUT2D eigenvalue weighted by atomic mass is 79.9. The predicted molar refractivity (Wildman–Crippen MR) is 46.0 cm³/mol. The van der Waals surface area contributed by atoms with E-state index in [-0.39, 0.29) is 0 Å². The average molecular weight is 201 g/mol. The van der Waals surface area contributed by atoms with Crippen molar-refractivity contribution in [1.29, 1.82) is 0 Å². The maximum Gasteiger partial charge on any atom is 0.120 e. The smallest absolute Gasteiger partial charge is 0.120 e. The zero-order chi connectivity index (χ0) is 7.82. The highest BCUT2D eigenvalue weighted by molar-refractivity contribution is 9.09. The lowest BCUT2D eigenvalue weighted by Crippen LogP contribution is -1.78. The van der Waals surface area contributed by atoms with Gasteiger partial charge in [0.2, 0.25) is 0 Å². The molecule has 2 heteroatoms. The molecule has 0 atom stereocenters. The molecule has 10 heavy (non-hydrogen) atoms. The topological polar surface area (TPSA) is 17.1 Å². The molecule has 0 amide bonds. The molecule has 0 unspecified atom stereocenters. The van der Waals surface area contributed by atoms with Crippen molar-refractivity contribution in [3.05, 3.63) is 12.2 Å². The summed E-state index contributed by atoms with van der Waals surface area (Å²) in [5.41, 5.74) is 0.826. The molecule has 0 spiro atoms. The van der Waals surface area contributed by atoms with Gasteiger partial charge in [-0.25, -0.2) is 0 Å². The van der Waals surface area contributed by atoms with Gasteiger partial charge in [0.1, 0.15) is 6.29 Å². The Morgan fingerprint density at radius 2 is 2.40 bits per heavy atom. The molecule has 0 heterocycles. The molecule has 0 aromatic carbocycles. The highest BCUT2D eigenvalue weighted by Gasteiger charge is 1.86. The Bertz CT molecular complexity index is 173. The molecule has 0 N–H and O–H groups in total. The van der Waals surface area contributed by atoms with Crippen molar-refractivity contribution in [2.75, 3.05) is 5.33 Å². The zero-order valence-electron chi connectivity index (χ0n) is 5.69. The first-order valence-electron chi connectivity index (χ1n) is 2.97. The molecule has 0 rings (SSSR count). The SMILES string of the molecule is C=C(C#CCBr)CCC=O. The van der Waals surface area contributed by atoms with Crippen LogP contribution in [-0.2, 0) is 4.79 Å². The maximum atomic E-state index is 9.88. The number of alkyl halides is 1. The monoisotopic (exact) mass is 200 g/mol. The van der Waals surface area contributed by atoms with Crippen molar-refractivity contribution in [3.63, 3.8) is 0 Å². The third-order valence-corrected chi connectivity index (χ3v) is 1.18. The minimum Gasteiger partial charge on any atom is -0.303 e. The van der Waals surface area contributed by atoms with E-state index in [0.29, 0.717) is 18.2 Å². The molecule has 0 fully saturated rings. The molecule has 0 saturated heterocycles. The number of aldehydes is 1. The van der Waals surface area contributed by atoms with Crippen molar-refractivity contribution < 1.29 is 4.79 Å². The van der Waals surface area contributed by atoms with Gasteiger partial charge in [0.05, 0.1) is 5.33 Å². The van der Waals surface area contributed by atoms with E-state index in [2.05, 4.69) is 34.3 Å². The van der Waals surface area contributed by atoms with E-state index >= 15 is 0 Å². The molecule has 0 aliphatic carbocycles. The fourth-order valence-electron chi connectivity index (χ4n) is 0.454. The number of halogens is 1. The van der Waals surface area contributed by atoms with Gasteiger partial charge in [0.15, 0.2) is 0 Å². The van der Waals surface area contributed by atoms with Crippen LogP contribution in [0.3, 0.4) is 0 Å². The van der Waals surface area contributed by atoms with Gasteiger partial charge in [-0.3, -0.25) is 0 Å². The van der Waals surface area contributed by atoms with Crippen LogP contribution in [0, 0.1) is 11.8 Å². The van der Waals surface area contributed by atoms with Crippen LogP contribution in [0.15, 0.2) is 12.2 Å². The summed E-state index contributed by atoms with van der Waals surface area (Å²) in [6.45, 7) is 3.68. The lowest BCUT2D eigenvalue weighted by Gasteiger charge is -1.87. The minimum absolute atomic E-state index is 0.524. The van der Waals surface area contributed by atoms with E-state index in [1.807, 2.05) is 0 Å². The molecule has 0 radical (unpaired) electrons. The van der Waals surface area contributed by atoms with Gasteiger partial charge >= 0.3 is 0 Å². The third kappa shape index (κ3) is 5.58. The van der Waals surface area contributed by atoms with Gasteiger partial charge in [-0.1, -0.05) is 34.3 Å². The molecule has 54 valence electrons. The van der Waals surface area contributed by atoms with E-state index < -0.39 is 0 Å². The molecule has 0 aliphatic rings. The molecule has 0 aliphatic heterocycles. The number of rotatable bonds is 3. The predicted octanol–water partition coefficient (Wildman–Crippen LogP) is 1.92. The Balaban J connectivity index is 3.53. The number of allylic oxidation sites excluding steroid dienone is 1. The summed E-state index contributed by atoms with van der Waals surface area (Å²) in [5, 5.41) is 0.660.